The van der Waals surface area contributed by atoms with Crippen molar-refractivity contribution in [2.75, 3.05) is 16.4 Å². The molecular weight excluding hydrogens is 545 g/mol. The quantitative estimate of drug-likeness (QED) is 0.183. The number of aromatic nitrogens is 2. The molecule has 0 unspecified atom stereocenters. The summed E-state index contributed by atoms with van der Waals surface area (Å²) in [5.74, 6) is -1.06. The van der Waals surface area contributed by atoms with E-state index in [0.29, 0.717) is 9.90 Å². The first-order valence-electron chi connectivity index (χ1n) is 10.7. The fourth-order valence-corrected chi connectivity index (χ4v) is 4.92. The van der Waals surface area contributed by atoms with E-state index in [1.807, 2.05) is 42.5 Å². The molecule has 190 valence electrons. The van der Waals surface area contributed by atoms with Gasteiger partial charge in [0.1, 0.15) is 0 Å². The van der Waals surface area contributed by atoms with Crippen molar-refractivity contribution >= 4 is 57.3 Å². The van der Waals surface area contributed by atoms with Crippen LogP contribution in [-0.4, -0.2) is 27.8 Å². The van der Waals surface area contributed by atoms with Gasteiger partial charge in [0, 0.05) is 5.56 Å². The number of amides is 2. The second-order valence-electron chi connectivity index (χ2n) is 7.72. The van der Waals surface area contributed by atoms with Gasteiger partial charge >= 0.3 is 6.18 Å². The Kier molecular flexibility index (Phi) is 8.47. The van der Waals surface area contributed by atoms with E-state index in [0.717, 1.165) is 53.3 Å². The summed E-state index contributed by atoms with van der Waals surface area (Å²) in [6.45, 7) is 0. The first kappa shape index (κ1) is 26.6. The Bertz CT molecular complexity index is 1400. The van der Waals surface area contributed by atoms with E-state index in [1.165, 1.54) is 5.56 Å². The minimum atomic E-state index is -4.56. The normalized spacial score (nSPS) is 11.2. The second kappa shape index (κ2) is 11.8. The van der Waals surface area contributed by atoms with Crippen LogP contribution in [0.3, 0.4) is 0 Å². The van der Waals surface area contributed by atoms with E-state index < -0.39 is 17.6 Å². The Morgan fingerprint density at radius 3 is 2.32 bits per heavy atom. The molecule has 0 saturated carbocycles. The van der Waals surface area contributed by atoms with Crippen molar-refractivity contribution < 1.29 is 22.8 Å². The average molecular weight is 563 g/mol. The van der Waals surface area contributed by atoms with E-state index in [9.17, 15) is 22.8 Å². The lowest BCUT2D eigenvalue weighted by Gasteiger charge is -2.11. The molecule has 0 fully saturated rings. The van der Waals surface area contributed by atoms with Crippen LogP contribution in [0.1, 0.15) is 27.0 Å². The van der Waals surface area contributed by atoms with Crippen LogP contribution >= 0.6 is 34.7 Å². The highest BCUT2D eigenvalue weighted by Gasteiger charge is 2.31. The lowest BCUT2D eigenvalue weighted by Crippen LogP contribution is -2.15. The zero-order chi connectivity index (χ0) is 26.4. The van der Waals surface area contributed by atoms with Gasteiger partial charge in [0.05, 0.1) is 22.0 Å². The lowest BCUT2D eigenvalue weighted by atomic mass is 10.0. The van der Waals surface area contributed by atoms with Gasteiger partial charge in [-0.2, -0.15) is 13.2 Å². The molecule has 0 aliphatic heterocycles. The Hall–Kier alpha value is -3.41. The van der Waals surface area contributed by atoms with Crippen molar-refractivity contribution in [2.45, 2.75) is 16.9 Å². The molecule has 3 aromatic carbocycles. The first-order valence-corrected chi connectivity index (χ1v) is 12.9. The van der Waals surface area contributed by atoms with Gasteiger partial charge in [0.2, 0.25) is 11.0 Å². The standard InChI is InChI=1S/C25H18ClF3N4O2S2/c26-19-11-10-18(25(27,28)29)13-20(19)30-21(34)14-36-24-33-32-23(37-24)31-22(35)17-8-6-16(7-9-17)12-15-4-2-1-3-5-15/h1-11,13H,12,14H2,(H,30,34)(H,31,32,35). The number of benzene rings is 3. The van der Waals surface area contributed by atoms with Crippen LogP contribution in [0.5, 0.6) is 0 Å². The third kappa shape index (κ3) is 7.54. The highest BCUT2D eigenvalue weighted by atomic mass is 35.5. The van der Waals surface area contributed by atoms with Crippen molar-refractivity contribution in [3.63, 3.8) is 0 Å². The third-order valence-electron chi connectivity index (χ3n) is 4.99. The topological polar surface area (TPSA) is 84.0 Å². The summed E-state index contributed by atoms with van der Waals surface area (Å²) in [6, 6.07) is 19.9. The number of alkyl halides is 3. The maximum absolute atomic E-state index is 12.9. The molecule has 1 heterocycles. The maximum atomic E-state index is 12.9. The highest BCUT2D eigenvalue weighted by Crippen LogP contribution is 2.34. The highest BCUT2D eigenvalue weighted by molar-refractivity contribution is 8.01. The van der Waals surface area contributed by atoms with Gasteiger partial charge < -0.3 is 5.32 Å². The van der Waals surface area contributed by atoms with Crippen LogP contribution in [0.2, 0.25) is 5.02 Å². The fraction of sp³-hybridized carbons (Fsp3) is 0.120. The summed E-state index contributed by atoms with van der Waals surface area (Å²) in [5.41, 5.74) is 1.64. The van der Waals surface area contributed by atoms with E-state index in [1.54, 1.807) is 12.1 Å². The number of hydrogen-bond acceptors (Lipinski definition) is 6. The summed E-state index contributed by atoms with van der Waals surface area (Å²) < 4.78 is 39.1. The van der Waals surface area contributed by atoms with E-state index in [4.69, 9.17) is 11.6 Å². The molecule has 6 nitrogen and oxygen atoms in total. The van der Waals surface area contributed by atoms with Crippen LogP contribution in [0.15, 0.2) is 77.1 Å². The Morgan fingerprint density at radius 2 is 1.62 bits per heavy atom. The largest absolute Gasteiger partial charge is 0.416 e. The van der Waals surface area contributed by atoms with Crippen LogP contribution in [-0.2, 0) is 17.4 Å². The van der Waals surface area contributed by atoms with Gasteiger partial charge in [0.15, 0.2) is 4.34 Å². The summed E-state index contributed by atoms with van der Waals surface area (Å²) in [6.07, 6.45) is -3.80. The lowest BCUT2D eigenvalue weighted by molar-refractivity contribution is -0.137. The molecule has 0 aliphatic rings. The molecule has 4 aromatic rings. The summed E-state index contributed by atoms with van der Waals surface area (Å²) in [7, 11) is 0. The number of hydrogen-bond donors (Lipinski definition) is 2. The number of anilines is 2. The maximum Gasteiger partial charge on any atom is 0.416 e. The van der Waals surface area contributed by atoms with Crippen LogP contribution < -0.4 is 10.6 Å². The molecule has 0 radical (unpaired) electrons. The molecule has 0 aliphatic carbocycles. The molecule has 2 amide bonds. The van der Waals surface area contributed by atoms with Gasteiger partial charge in [0.25, 0.3) is 5.91 Å². The number of carbonyl (C=O) groups excluding carboxylic acids is 2. The number of rotatable bonds is 8. The van der Waals surface area contributed by atoms with Crippen molar-refractivity contribution in [3.05, 3.63) is 100 Å². The predicted molar refractivity (Wildman–Crippen MR) is 139 cm³/mol. The second-order valence-corrected chi connectivity index (χ2v) is 10.3. The van der Waals surface area contributed by atoms with E-state index in [-0.39, 0.29) is 27.5 Å². The van der Waals surface area contributed by atoms with Gasteiger partial charge in [-0.25, -0.2) is 0 Å². The zero-order valence-corrected chi connectivity index (χ0v) is 21.3. The van der Waals surface area contributed by atoms with Crippen LogP contribution in [0.4, 0.5) is 24.0 Å². The Morgan fingerprint density at radius 1 is 0.919 bits per heavy atom. The van der Waals surface area contributed by atoms with Gasteiger partial charge in [-0.3, -0.25) is 14.9 Å². The first-order chi connectivity index (χ1) is 17.7. The number of nitrogens with one attached hydrogen (secondary N) is 2. The van der Waals surface area contributed by atoms with Gasteiger partial charge in [-0.1, -0.05) is 77.2 Å². The van der Waals surface area contributed by atoms with Crippen LogP contribution in [0, 0.1) is 0 Å². The van der Waals surface area contributed by atoms with Crippen LogP contribution in [0.25, 0.3) is 0 Å². The summed E-state index contributed by atoms with van der Waals surface area (Å²) in [5, 5.41) is 13.1. The van der Waals surface area contributed by atoms with E-state index >= 15 is 0 Å². The molecule has 4 rings (SSSR count). The molecule has 1 aromatic heterocycles. The zero-order valence-electron chi connectivity index (χ0n) is 18.9. The molecule has 0 saturated heterocycles. The molecule has 37 heavy (non-hydrogen) atoms. The Labute approximate surface area is 223 Å². The van der Waals surface area contributed by atoms with Crippen molar-refractivity contribution in [1.29, 1.82) is 0 Å². The minimum absolute atomic E-state index is 0.0136. The number of halogens is 4. The van der Waals surface area contributed by atoms with Gasteiger partial charge in [-0.15, -0.1) is 10.2 Å². The number of thioether (sulfide) groups is 1. The number of carbonyl (C=O) groups is 2. The fourth-order valence-electron chi connectivity index (χ4n) is 3.20. The van der Waals surface area contributed by atoms with Gasteiger partial charge in [-0.05, 0) is 47.9 Å². The predicted octanol–water partition coefficient (Wildman–Crippen LogP) is 6.78. The minimum Gasteiger partial charge on any atom is -0.324 e. The monoisotopic (exact) mass is 562 g/mol. The average Bonchev–Trinajstić information content (AvgIpc) is 3.31. The molecule has 2 N–H and O–H groups in total. The summed E-state index contributed by atoms with van der Waals surface area (Å²) in [4.78, 5) is 24.8. The molecule has 0 spiro atoms. The molecule has 0 atom stereocenters. The van der Waals surface area contributed by atoms with Crippen molar-refractivity contribution in [3.8, 4) is 0 Å². The third-order valence-corrected chi connectivity index (χ3v) is 7.29. The Balaban J connectivity index is 1.28. The molecular formula is C25H18ClF3N4O2S2. The molecule has 12 heteroatoms. The van der Waals surface area contributed by atoms with E-state index in [2.05, 4.69) is 20.8 Å². The number of nitrogens with zero attached hydrogens (tertiary/aromatic N) is 2. The summed E-state index contributed by atoms with van der Waals surface area (Å²) >= 11 is 8.00. The van der Waals surface area contributed by atoms with Crippen molar-refractivity contribution in [2.24, 2.45) is 0 Å². The smallest absolute Gasteiger partial charge is 0.324 e. The molecule has 0 bridgehead atoms. The SMILES string of the molecule is O=C(CSc1nnc(NC(=O)c2ccc(Cc3ccccc3)cc2)s1)Nc1cc(C(F)(F)F)ccc1Cl. The van der Waals surface area contributed by atoms with Crippen molar-refractivity contribution in [1.82, 2.24) is 10.2 Å².